The molecular weight excluding hydrogens is 200 g/mol. The molecule has 0 aliphatic rings. The lowest BCUT2D eigenvalue weighted by Gasteiger charge is -2.08. The van der Waals surface area contributed by atoms with Crippen LogP contribution in [0.4, 0.5) is 0 Å². The van der Waals surface area contributed by atoms with Gasteiger partial charge in [-0.1, -0.05) is 0 Å². The standard InChI is InChI=1S/C10H10O5/c1-4(11)6-3-7(5(2)12)9(14)10(15)8(6)13/h3,13-15H,1-2H3. The summed E-state index contributed by atoms with van der Waals surface area (Å²) in [6.07, 6.45) is 0. The highest BCUT2D eigenvalue weighted by Crippen LogP contribution is 2.40. The Morgan fingerprint density at radius 3 is 1.47 bits per heavy atom. The van der Waals surface area contributed by atoms with Gasteiger partial charge in [-0.2, -0.15) is 0 Å². The van der Waals surface area contributed by atoms with Crippen molar-refractivity contribution in [3.8, 4) is 17.2 Å². The van der Waals surface area contributed by atoms with Gasteiger partial charge in [0.25, 0.3) is 0 Å². The van der Waals surface area contributed by atoms with Crippen LogP contribution in [-0.2, 0) is 0 Å². The Morgan fingerprint density at radius 1 is 0.867 bits per heavy atom. The molecule has 1 aromatic rings. The maximum Gasteiger partial charge on any atom is 0.201 e. The van der Waals surface area contributed by atoms with Crippen LogP contribution >= 0.6 is 0 Å². The molecule has 15 heavy (non-hydrogen) atoms. The molecule has 0 bridgehead atoms. The Balaban J connectivity index is 3.59. The molecule has 0 atom stereocenters. The van der Waals surface area contributed by atoms with Crippen LogP contribution < -0.4 is 0 Å². The quantitative estimate of drug-likeness (QED) is 0.503. The first-order valence-electron chi connectivity index (χ1n) is 4.16. The van der Waals surface area contributed by atoms with Crippen LogP contribution in [-0.4, -0.2) is 26.9 Å². The summed E-state index contributed by atoms with van der Waals surface area (Å²) in [4.78, 5) is 22.1. The highest BCUT2D eigenvalue weighted by Gasteiger charge is 2.20. The first-order chi connectivity index (χ1) is 6.86. The minimum Gasteiger partial charge on any atom is -0.504 e. The van der Waals surface area contributed by atoms with E-state index in [1.54, 1.807) is 0 Å². The van der Waals surface area contributed by atoms with E-state index in [0.29, 0.717) is 0 Å². The lowest BCUT2D eigenvalue weighted by molar-refractivity contribution is 0.101. The van der Waals surface area contributed by atoms with Crippen LogP contribution in [0.1, 0.15) is 34.6 Å². The highest BCUT2D eigenvalue weighted by atomic mass is 16.3. The Labute approximate surface area is 85.6 Å². The van der Waals surface area contributed by atoms with E-state index in [9.17, 15) is 24.9 Å². The summed E-state index contributed by atoms with van der Waals surface area (Å²) in [7, 11) is 0. The zero-order chi connectivity index (χ0) is 11.7. The fourth-order valence-electron chi connectivity index (χ4n) is 1.19. The molecule has 0 fully saturated rings. The molecule has 0 saturated heterocycles. The third kappa shape index (κ3) is 1.76. The van der Waals surface area contributed by atoms with Crippen LogP contribution in [0, 0.1) is 0 Å². The van der Waals surface area contributed by atoms with Crippen LogP contribution in [0.3, 0.4) is 0 Å². The van der Waals surface area contributed by atoms with Crippen LogP contribution in [0.5, 0.6) is 17.2 Å². The van der Waals surface area contributed by atoms with Gasteiger partial charge in [-0.15, -0.1) is 0 Å². The zero-order valence-corrected chi connectivity index (χ0v) is 8.24. The second kappa shape index (κ2) is 3.61. The highest BCUT2D eigenvalue weighted by molar-refractivity contribution is 6.04. The first-order valence-corrected chi connectivity index (χ1v) is 4.16. The van der Waals surface area contributed by atoms with Gasteiger partial charge in [0.15, 0.2) is 23.1 Å². The number of benzene rings is 1. The molecule has 0 aromatic heterocycles. The molecule has 0 aliphatic carbocycles. The molecule has 0 aliphatic heterocycles. The number of carbonyl (C=O) groups excluding carboxylic acids is 2. The lowest BCUT2D eigenvalue weighted by Crippen LogP contribution is -1.99. The third-order valence-corrected chi connectivity index (χ3v) is 2.01. The number of rotatable bonds is 2. The molecular formula is C10H10O5. The Morgan fingerprint density at radius 2 is 1.20 bits per heavy atom. The number of carbonyl (C=O) groups is 2. The van der Waals surface area contributed by atoms with Crippen LogP contribution in [0.2, 0.25) is 0 Å². The number of hydrogen-bond donors (Lipinski definition) is 3. The van der Waals surface area contributed by atoms with E-state index in [0.717, 1.165) is 6.07 Å². The van der Waals surface area contributed by atoms with Crippen LogP contribution in [0.15, 0.2) is 6.07 Å². The van der Waals surface area contributed by atoms with Crippen molar-refractivity contribution in [3.05, 3.63) is 17.2 Å². The Bertz CT molecular complexity index is 409. The largest absolute Gasteiger partial charge is 0.504 e. The number of phenolic OH excluding ortho intramolecular Hbond substituents is 3. The van der Waals surface area contributed by atoms with Gasteiger partial charge in [0.05, 0.1) is 11.1 Å². The predicted molar refractivity (Wildman–Crippen MR) is 51.4 cm³/mol. The van der Waals surface area contributed by atoms with Gasteiger partial charge in [-0.05, 0) is 19.9 Å². The molecule has 3 N–H and O–H groups in total. The van der Waals surface area contributed by atoms with E-state index in [1.807, 2.05) is 0 Å². The van der Waals surface area contributed by atoms with Crippen molar-refractivity contribution in [2.24, 2.45) is 0 Å². The van der Waals surface area contributed by atoms with Gasteiger partial charge in [-0.25, -0.2) is 0 Å². The third-order valence-electron chi connectivity index (χ3n) is 2.01. The SMILES string of the molecule is CC(=O)c1cc(C(C)=O)c(O)c(O)c1O. The van der Waals surface area contributed by atoms with Gasteiger partial charge in [0, 0.05) is 0 Å². The van der Waals surface area contributed by atoms with E-state index >= 15 is 0 Å². The molecule has 0 heterocycles. The van der Waals surface area contributed by atoms with Gasteiger partial charge in [0.2, 0.25) is 5.75 Å². The molecule has 1 aromatic carbocycles. The van der Waals surface area contributed by atoms with Gasteiger partial charge < -0.3 is 15.3 Å². The number of phenols is 3. The van der Waals surface area contributed by atoms with E-state index in [-0.39, 0.29) is 11.1 Å². The van der Waals surface area contributed by atoms with Crippen molar-refractivity contribution in [2.45, 2.75) is 13.8 Å². The number of hydrogen-bond acceptors (Lipinski definition) is 5. The summed E-state index contributed by atoms with van der Waals surface area (Å²) in [5.41, 5.74) is -0.397. The summed E-state index contributed by atoms with van der Waals surface area (Å²) in [5.74, 6) is -3.31. The van der Waals surface area contributed by atoms with E-state index < -0.39 is 28.8 Å². The number of ketones is 2. The van der Waals surface area contributed by atoms with Crippen molar-refractivity contribution >= 4 is 11.6 Å². The second-order valence-corrected chi connectivity index (χ2v) is 3.13. The van der Waals surface area contributed by atoms with Crippen molar-refractivity contribution < 1.29 is 24.9 Å². The van der Waals surface area contributed by atoms with Crippen molar-refractivity contribution in [2.75, 3.05) is 0 Å². The summed E-state index contributed by atoms with van der Waals surface area (Å²) in [5, 5.41) is 27.9. The normalized spacial score (nSPS) is 10.0. The average Bonchev–Trinajstić information content (AvgIpc) is 2.13. The van der Waals surface area contributed by atoms with Gasteiger partial charge >= 0.3 is 0 Å². The van der Waals surface area contributed by atoms with Crippen molar-refractivity contribution in [1.82, 2.24) is 0 Å². The maximum absolute atomic E-state index is 11.0. The minimum atomic E-state index is -0.854. The molecule has 0 saturated carbocycles. The van der Waals surface area contributed by atoms with Crippen molar-refractivity contribution in [1.29, 1.82) is 0 Å². The molecule has 0 amide bonds. The van der Waals surface area contributed by atoms with E-state index in [1.165, 1.54) is 13.8 Å². The summed E-state index contributed by atoms with van der Waals surface area (Å²) < 4.78 is 0. The Hall–Kier alpha value is -2.04. The zero-order valence-electron chi connectivity index (χ0n) is 8.24. The molecule has 5 nitrogen and oxygen atoms in total. The number of Topliss-reactive ketones (excluding diaryl/α,β-unsaturated/α-hetero) is 2. The topological polar surface area (TPSA) is 94.8 Å². The fourth-order valence-corrected chi connectivity index (χ4v) is 1.19. The van der Waals surface area contributed by atoms with Crippen LogP contribution in [0.25, 0.3) is 0 Å². The first kappa shape index (κ1) is 11.0. The molecule has 80 valence electrons. The monoisotopic (exact) mass is 210 g/mol. The predicted octanol–water partition coefficient (Wildman–Crippen LogP) is 1.21. The molecule has 0 spiro atoms. The molecule has 0 radical (unpaired) electrons. The maximum atomic E-state index is 11.0. The lowest BCUT2D eigenvalue weighted by atomic mass is 10.0. The van der Waals surface area contributed by atoms with E-state index in [2.05, 4.69) is 0 Å². The summed E-state index contributed by atoms with van der Waals surface area (Å²) in [6.45, 7) is 2.35. The Kier molecular flexibility index (Phi) is 2.65. The number of aromatic hydroxyl groups is 3. The van der Waals surface area contributed by atoms with E-state index in [4.69, 9.17) is 0 Å². The summed E-state index contributed by atoms with van der Waals surface area (Å²) in [6, 6.07) is 1.05. The van der Waals surface area contributed by atoms with Gasteiger partial charge in [0.1, 0.15) is 0 Å². The summed E-state index contributed by atoms with van der Waals surface area (Å²) >= 11 is 0. The fraction of sp³-hybridized carbons (Fsp3) is 0.200. The smallest absolute Gasteiger partial charge is 0.201 e. The molecule has 0 unspecified atom stereocenters. The van der Waals surface area contributed by atoms with Gasteiger partial charge in [-0.3, -0.25) is 9.59 Å². The molecule has 1 rings (SSSR count). The average molecular weight is 210 g/mol. The second-order valence-electron chi connectivity index (χ2n) is 3.13. The minimum absolute atomic E-state index is 0.199. The molecule has 5 heteroatoms. The van der Waals surface area contributed by atoms with Crippen molar-refractivity contribution in [3.63, 3.8) is 0 Å².